The molecule has 1 unspecified atom stereocenters. The van der Waals surface area contributed by atoms with Gasteiger partial charge in [-0.1, -0.05) is 62.6 Å². The van der Waals surface area contributed by atoms with Gasteiger partial charge in [0.05, 0.1) is 0 Å². The van der Waals surface area contributed by atoms with E-state index in [0.29, 0.717) is 12.6 Å². The molecule has 0 saturated heterocycles. The van der Waals surface area contributed by atoms with E-state index < -0.39 is 0 Å². The topological polar surface area (TPSA) is 38.0 Å². The summed E-state index contributed by atoms with van der Waals surface area (Å²) in [7, 11) is 0. The van der Waals surface area contributed by atoms with Gasteiger partial charge in [0.2, 0.25) is 0 Å². The van der Waals surface area contributed by atoms with Crippen molar-refractivity contribution in [3.63, 3.8) is 0 Å². The molecular formula is C20H30N2. The van der Waals surface area contributed by atoms with Gasteiger partial charge >= 0.3 is 0 Å². The fraction of sp³-hybridized carbons (Fsp3) is 0.500. The molecule has 0 aliphatic carbocycles. The van der Waals surface area contributed by atoms with Gasteiger partial charge in [-0.05, 0) is 48.2 Å². The molecule has 0 aliphatic heterocycles. The van der Waals surface area contributed by atoms with Crippen molar-refractivity contribution in [3.8, 4) is 0 Å². The zero-order valence-corrected chi connectivity index (χ0v) is 14.1. The number of rotatable bonds is 9. The fourth-order valence-corrected chi connectivity index (χ4v) is 3.10. The average molecular weight is 298 g/mol. The summed E-state index contributed by atoms with van der Waals surface area (Å²) >= 11 is 0. The van der Waals surface area contributed by atoms with Gasteiger partial charge in [-0.15, -0.1) is 0 Å². The Labute approximate surface area is 135 Å². The average Bonchev–Trinajstić information content (AvgIpc) is 2.54. The summed E-state index contributed by atoms with van der Waals surface area (Å²) in [6.45, 7) is 6.27. The highest BCUT2D eigenvalue weighted by Gasteiger charge is 2.07. The SMILES string of the molecule is CCCCCCNC(C)Cc1cccc2c(CN)cccc12. The molecule has 22 heavy (non-hydrogen) atoms. The molecule has 0 fully saturated rings. The van der Waals surface area contributed by atoms with Crippen molar-refractivity contribution in [1.29, 1.82) is 0 Å². The maximum absolute atomic E-state index is 5.86. The highest BCUT2D eigenvalue weighted by Crippen LogP contribution is 2.23. The van der Waals surface area contributed by atoms with Gasteiger partial charge in [-0.25, -0.2) is 0 Å². The predicted octanol–water partition coefficient (Wildman–Crippen LogP) is 4.40. The molecule has 0 aliphatic rings. The Hall–Kier alpha value is -1.38. The van der Waals surface area contributed by atoms with Gasteiger partial charge in [0.25, 0.3) is 0 Å². The first kappa shape index (κ1) is 17.0. The molecule has 2 rings (SSSR count). The van der Waals surface area contributed by atoms with Crippen molar-refractivity contribution in [1.82, 2.24) is 5.32 Å². The van der Waals surface area contributed by atoms with E-state index in [1.807, 2.05) is 0 Å². The van der Waals surface area contributed by atoms with E-state index in [2.05, 4.69) is 55.6 Å². The van der Waals surface area contributed by atoms with Crippen molar-refractivity contribution in [3.05, 3.63) is 47.5 Å². The Kier molecular flexibility index (Phi) is 6.88. The first-order valence-electron chi connectivity index (χ1n) is 8.69. The number of benzene rings is 2. The minimum Gasteiger partial charge on any atom is -0.326 e. The molecule has 0 radical (unpaired) electrons. The normalized spacial score (nSPS) is 12.7. The quantitative estimate of drug-likeness (QED) is 0.673. The lowest BCUT2D eigenvalue weighted by atomic mass is 9.96. The summed E-state index contributed by atoms with van der Waals surface area (Å²) in [5.41, 5.74) is 8.51. The monoisotopic (exact) mass is 298 g/mol. The largest absolute Gasteiger partial charge is 0.326 e. The van der Waals surface area contributed by atoms with Crippen LogP contribution in [0.15, 0.2) is 36.4 Å². The van der Waals surface area contributed by atoms with Crippen LogP contribution in [0.4, 0.5) is 0 Å². The van der Waals surface area contributed by atoms with E-state index >= 15 is 0 Å². The van der Waals surface area contributed by atoms with Crippen LogP contribution in [0.5, 0.6) is 0 Å². The minimum absolute atomic E-state index is 0.508. The number of unbranched alkanes of at least 4 members (excludes halogenated alkanes) is 3. The van der Waals surface area contributed by atoms with E-state index in [4.69, 9.17) is 5.73 Å². The molecule has 3 N–H and O–H groups in total. The Morgan fingerprint density at radius 2 is 1.64 bits per heavy atom. The third-order valence-electron chi connectivity index (χ3n) is 4.37. The van der Waals surface area contributed by atoms with Gasteiger partial charge in [0.15, 0.2) is 0 Å². The lowest BCUT2D eigenvalue weighted by Crippen LogP contribution is -2.29. The molecule has 0 spiro atoms. The molecule has 120 valence electrons. The molecule has 0 heterocycles. The van der Waals surface area contributed by atoms with Crippen molar-refractivity contribution >= 4 is 10.8 Å². The summed E-state index contributed by atoms with van der Waals surface area (Å²) in [6.07, 6.45) is 6.34. The van der Waals surface area contributed by atoms with Crippen LogP contribution in [0, 0.1) is 0 Å². The van der Waals surface area contributed by atoms with Gasteiger partial charge in [-0.3, -0.25) is 0 Å². The standard InChI is InChI=1S/C20H30N2/c1-3-4-5-6-13-22-16(2)14-17-9-7-12-20-18(15-21)10-8-11-19(17)20/h7-12,16,22H,3-6,13-15,21H2,1-2H3. The maximum Gasteiger partial charge on any atom is 0.0184 e. The van der Waals surface area contributed by atoms with Gasteiger partial charge in [0.1, 0.15) is 0 Å². The second-order valence-electron chi connectivity index (χ2n) is 6.25. The third-order valence-corrected chi connectivity index (χ3v) is 4.37. The van der Waals surface area contributed by atoms with Gasteiger partial charge in [0, 0.05) is 12.6 Å². The fourth-order valence-electron chi connectivity index (χ4n) is 3.10. The maximum atomic E-state index is 5.86. The summed E-state index contributed by atoms with van der Waals surface area (Å²) in [4.78, 5) is 0. The Morgan fingerprint density at radius 1 is 0.955 bits per heavy atom. The minimum atomic E-state index is 0.508. The summed E-state index contributed by atoms with van der Waals surface area (Å²) in [6, 6.07) is 13.6. The van der Waals surface area contributed by atoms with E-state index in [-0.39, 0.29) is 0 Å². The molecule has 0 saturated carbocycles. The van der Waals surface area contributed by atoms with Crippen molar-refractivity contribution in [2.24, 2.45) is 5.73 Å². The van der Waals surface area contributed by atoms with Crippen molar-refractivity contribution < 1.29 is 0 Å². The van der Waals surface area contributed by atoms with E-state index in [1.54, 1.807) is 0 Å². The Morgan fingerprint density at radius 3 is 2.32 bits per heavy atom. The zero-order chi connectivity index (χ0) is 15.8. The third kappa shape index (κ3) is 4.56. The highest BCUT2D eigenvalue weighted by molar-refractivity contribution is 5.88. The molecule has 0 aromatic heterocycles. The van der Waals surface area contributed by atoms with E-state index in [1.165, 1.54) is 47.6 Å². The van der Waals surface area contributed by atoms with Crippen molar-refractivity contribution in [2.75, 3.05) is 6.54 Å². The Bertz CT molecular complexity index is 577. The van der Waals surface area contributed by atoms with E-state index in [0.717, 1.165) is 13.0 Å². The summed E-state index contributed by atoms with van der Waals surface area (Å²) in [5, 5.41) is 6.31. The molecule has 1 atom stereocenters. The lowest BCUT2D eigenvalue weighted by Gasteiger charge is -2.16. The molecule has 0 amide bonds. The van der Waals surface area contributed by atoms with E-state index in [9.17, 15) is 0 Å². The smallest absolute Gasteiger partial charge is 0.0184 e. The highest BCUT2D eigenvalue weighted by atomic mass is 14.9. The first-order chi connectivity index (χ1) is 10.8. The van der Waals surface area contributed by atoms with Crippen molar-refractivity contribution in [2.45, 2.75) is 58.5 Å². The first-order valence-corrected chi connectivity index (χ1v) is 8.69. The Balaban J connectivity index is 1.99. The van der Waals surface area contributed by atoms with Gasteiger partial charge < -0.3 is 11.1 Å². The number of hydrogen-bond donors (Lipinski definition) is 2. The van der Waals surface area contributed by atoms with Crippen LogP contribution in [-0.2, 0) is 13.0 Å². The lowest BCUT2D eigenvalue weighted by molar-refractivity contribution is 0.519. The summed E-state index contributed by atoms with van der Waals surface area (Å²) in [5.74, 6) is 0. The second-order valence-corrected chi connectivity index (χ2v) is 6.25. The second kappa shape index (κ2) is 8.92. The molecule has 0 bridgehead atoms. The molecule has 2 aromatic carbocycles. The van der Waals surface area contributed by atoms with Crippen LogP contribution in [0.25, 0.3) is 10.8 Å². The van der Waals surface area contributed by atoms with Crippen LogP contribution in [0.3, 0.4) is 0 Å². The van der Waals surface area contributed by atoms with Gasteiger partial charge in [-0.2, -0.15) is 0 Å². The predicted molar refractivity (Wildman–Crippen MR) is 97.2 cm³/mol. The molecule has 2 aromatic rings. The zero-order valence-electron chi connectivity index (χ0n) is 14.1. The number of nitrogens with two attached hydrogens (primary N) is 1. The van der Waals surface area contributed by atoms with Crippen LogP contribution >= 0.6 is 0 Å². The summed E-state index contributed by atoms with van der Waals surface area (Å²) < 4.78 is 0. The van der Waals surface area contributed by atoms with Crippen LogP contribution in [0.1, 0.15) is 50.7 Å². The molecule has 2 nitrogen and oxygen atoms in total. The van der Waals surface area contributed by atoms with Crippen LogP contribution in [-0.4, -0.2) is 12.6 Å². The van der Waals surface area contributed by atoms with Crippen LogP contribution < -0.4 is 11.1 Å². The number of fused-ring (bicyclic) bond motifs is 1. The number of nitrogens with one attached hydrogen (secondary N) is 1. The number of hydrogen-bond acceptors (Lipinski definition) is 2. The molecule has 2 heteroatoms. The molecular weight excluding hydrogens is 268 g/mol. The van der Waals surface area contributed by atoms with Crippen LogP contribution in [0.2, 0.25) is 0 Å².